The van der Waals surface area contributed by atoms with E-state index < -0.39 is 0 Å². The Kier molecular flexibility index (Phi) is 2.73. The van der Waals surface area contributed by atoms with Gasteiger partial charge in [0.2, 0.25) is 0 Å². The fraction of sp³-hybridized carbons (Fsp3) is 0.267. The Morgan fingerprint density at radius 1 is 1.38 bits per heavy atom. The number of nitrogens with one attached hydrogen (secondary N) is 1. The van der Waals surface area contributed by atoms with E-state index in [0.717, 1.165) is 18.7 Å². The van der Waals surface area contributed by atoms with Crippen molar-refractivity contribution in [3.63, 3.8) is 0 Å². The summed E-state index contributed by atoms with van der Waals surface area (Å²) in [6.45, 7) is 0.717. The van der Waals surface area contributed by atoms with E-state index in [1.165, 1.54) is 0 Å². The standard InChI is InChI=1S/C15H14N4O2/c20-15(13-9-10-12(21-13)4-1-5-16-10)19-8-2-3-11(19)14-17-6-7-18-14/h1,4-7,9,11H,2-3,8H2,(H,17,18). The van der Waals surface area contributed by atoms with Crippen molar-refractivity contribution in [1.82, 2.24) is 19.9 Å². The number of rotatable bonds is 2. The van der Waals surface area contributed by atoms with Crippen molar-refractivity contribution in [2.24, 2.45) is 0 Å². The molecular weight excluding hydrogens is 268 g/mol. The lowest BCUT2D eigenvalue weighted by Crippen LogP contribution is -2.30. The first kappa shape index (κ1) is 12.1. The van der Waals surface area contributed by atoms with Crippen LogP contribution in [0, 0.1) is 0 Å². The zero-order valence-electron chi connectivity index (χ0n) is 11.3. The summed E-state index contributed by atoms with van der Waals surface area (Å²) in [6, 6.07) is 5.30. The first-order chi connectivity index (χ1) is 10.3. The number of fused-ring (bicyclic) bond motifs is 1. The number of aromatic amines is 1. The van der Waals surface area contributed by atoms with Gasteiger partial charge in [-0.15, -0.1) is 0 Å². The van der Waals surface area contributed by atoms with Crippen molar-refractivity contribution >= 4 is 17.0 Å². The van der Waals surface area contributed by atoms with Crippen LogP contribution in [0.5, 0.6) is 0 Å². The van der Waals surface area contributed by atoms with Gasteiger partial charge in [-0.25, -0.2) is 4.98 Å². The van der Waals surface area contributed by atoms with Crippen LogP contribution in [-0.2, 0) is 0 Å². The summed E-state index contributed by atoms with van der Waals surface area (Å²) in [4.78, 5) is 26.1. The average Bonchev–Trinajstić information content (AvgIpc) is 3.23. The number of nitrogens with zero attached hydrogens (tertiary/aromatic N) is 3. The molecule has 21 heavy (non-hydrogen) atoms. The average molecular weight is 282 g/mol. The number of pyridine rings is 1. The van der Waals surface area contributed by atoms with Crippen molar-refractivity contribution in [1.29, 1.82) is 0 Å². The normalized spacial score (nSPS) is 18.5. The van der Waals surface area contributed by atoms with Crippen LogP contribution >= 0.6 is 0 Å². The number of carbonyl (C=O) groups excluding carboxylic acids is 1. The molecule has 4 heterocycles. The molecule has 0 aliphatic carbocycles. The van der Waals surface area contributed by atoms with Crippen LogP contribution in [0.3, 0.4) is 0 Å². The van der Waals surface area contributed by atoms with Gasteiger partial charge in [0.05, 0.1) is 6.04 Å². The number of hydrogen-bond acceptors (Lipinski definition) is 4. The molecule has 0 spiro atoms. The topological polar surface area (TPSA) is 75.0 Å². The SMILES string of the molecule is O=C(c1cc2ncccc2o1)N1CCCC1c1ncc[nH]1. The minimum absolute atomic E-state index is 0.00586. The number of likely N-dealkylation sites (tertiary alicyclic amines) is 1. The van der Waals surface area contributed by atoms with E-state index in [1.54, 1.807) is 30.7 Å². The van der Waals surface area contributed by atoms with E-state index in [4.69, 9.17) is 4.42 Å². The van der Waals surface area contributed by atoms with Crippen molar-refractivity contribution in [3.05, 3.63) is 48.4 Å². The fourth-order valence-electron chi connectivity index (χ4n) is 2.87. The molecule has 106 valence electrons. The van der Waals surface area contributed by atoms with Gasteiger partial charge < -0.3 is 14.3 Å². The molecule has 1 atom stereocenters. The largest absolute Gasteiger partial charge is 0.449 e. The third kappa shape index (κ3) is 1.99. The molecule has 1 fully saturated rings. The number of H-pyrrole nitrogens is 1. The molecule has 0 saturated carbocycles. The molecule has 0 bridgehead atoms. The third-order valence-corrected chi connectivity index (χ3v) is 3.85. The van der Waals surface area contributed by atoms with Gasteiger partial charge in [0, 0.05) is 31.2 Å². The van der Waals surface area contributed by atoms with Crippen LogP contribution in [0.1, 0.15) is 35.3 Å². The molecule has 0 radical (unpaired) electrons. The predicted octanol–water partition coefficient (Wildman–Crippen LogP) is 2.53. The second kappa shape index (κ2) is 4.73. The highest BCUT2D eigenvalue weighted by molar-refractivity contribution is 5.95. The van der Waals surface area contributed by atoms with Crippen LogP contribution in [0.4, 0.5) is 0 Å². The molecule has 6 nitrogen and oxygen atoms in total. The lowest BCUT2D eigenvalue weighted by molar-refractivity contribution is 0.0700. The number of amides is 1. The molecule has 1 saturated heterocycles. The van der Waals surface area contributed by atoms with E-state index >= 15 is 0 Å². The zero-order valence-corrected chi connectivity index (χ0v) is 11.3. The van der Waals surface area contributed by atoms with Gasteiger partial charge in [-0.05, 0) is 25.0 Å². The maximum Gasteiger partial charge on any atom is 0.290 e. The molecule has 0 aromatic carbocycles. The summed E-state index contributed by atoms with van der Waals surface area (Å²) in [6.07, 6.45) is 7.06. The summed E-state index contributed by atoms with van der Waals surface area (Å²) in [7, 11) is 0. The number of furan rings is 1. The highest BCUT2D eigenvalue weighted by atomic mass is 16.3. The molecule has 6 heteroatoms. The van der Waals surface area contributed by atoms with Crippen molar-refractivity contribution in [2.75, 3.05) is 6.54 Å². The van der Waals surface area contributed by atoms with Crippen molar-refractivity contribution < 1.29 is 9.21 Å². The maximum absolute atomic E-state index is 12.7. The first-order valence-electron chi connectivity index (χ1n) is 6.98. The number of imidazole rings is 1. The molecule has 1 amide bonds. The van der Waals surface area contributed by atoms with Crippen LogP contribution in [-0.4, -0.2) is 32.3 Å². The van der Waals surface area contributed by atoms with Crippen LogP contribution in [0.25, 0.3) is 11.1 Å². The predicted molar refractivity (Wildman–Crippen MR) is 75.6 cm³/mol. The number of aromatic nitrogens is 3. The van der Waals surface area contributed by atoms with Crippen molar-refractivity contribution in [3.8, 4) is 0 Å². The molecule has 4 rings (SSSR count). The van der Waals surface area contributed by atoms with Crippen LogP contribution in [0.2, 0.25) is 0 Å². The van der Waals surface area contributed by atoms with E-state index in [2.05, 4.69) is 15.0 Å². The first-order valence-corrected chi connectivity index (χ1v) is 6.98. The zero-order chi connectivity index (χ0) is 14.2. The van der Waals surface area contributed by atoms with Gasteiger partial charge in [0.15, 0.2) is 11.3 Å². The molecule has 3 aromatic rings. The fourth-order valence-corrected chi connectivity index (χ4v) is 2.87. The van der Waals surface area contributed by atoms with Gasteiger partial charge in [0.1, 0.15) is 11.3 Å². The molecule has 1 unspecified atom stereocenters. The van der Waals surface area contributed by atoms with Crippen LogP contribution < -0.4 is 0 Å². The number of carbonyl (C=O) groups is 1. The minimum atomic E-state index is -0.105. The Bertz CT molecular complexity index is 745. The molecule has 3 aromatic heterocycles. The summed E-state index contributed by atoms with van der Waals surface area (Å²) >= 11 is 0. The Morgan fingerprint density at radius 3 is 3.14 bits per heavy atom. The second-order valence-corrected chi connectivity index (χ2v) is 5.13. The second-order valence-electron chi connectivity index (χ2n) is 5.13. The quantitative estimate of drug-likeness (QED) is 0.783. The molecule has 1 N–H and O–H groups in total. The van der Waals surface area contributed by atoms with Gasteiger partial charge in [-0.1, -0.05) is 0 Å². The van der Waals surface area contributed by atoms with Crippen LogP contribution in [0.15, 0.2) is 41.2 Å². The third-order valence-electron chi connectivity index (χ3n) is 3.85. The van der Waals surface area contributed by atoms with Gasteiger partial charge >= 0.3 is 0 Å². The Hall–Kier alpha value is -2.63. The highest BCUT2D eigenvalue weighted by Crippen LogP contribution is 2.31. The number of hydrogen-bond donors (Lipinski definition) is 1. The Balaban J connectivity index is 1.67. The summed E-state index contributed by atoms with van der Waals surface area (Å²) in [5, 5.41) is 0. The van der Waals surface area contributed by atoms with E-state index in [9.17, 15) is 4.79 Å². The Labute approximate surface area is 120 Å². The molecule has 1 aliphatic rings. The molecular formula is C15H14N4O2. The maximum atomic E-state index is 12.7. The minimum Gasteiger partial charge on any atom is -0.449 e. The summed E-state index contributed by atoms with van der Waals surface area (Å²) in [5.41, 5.74) is 1.34. The van der Waals surface area contributed by atoms with E-state index in [0.29, 0.717) is 23.4 Å². The smallest absolute Gasteiger partial charge is 0.290 e. The lowest BCUT2D eigenvalue weighted by Gasteiger charge is -2.21. The van der Waals surface area contributed by atoms with E-state index in [1.807, 2.05) is 11.0 Å². The summed E-state index contributed by atoms with van der Waals surface area (Å²) in [5.74, 6) is 1.06. The lowest BCUT2D eigenvalue weighted by atomic mass is 10.2. The van der Waals surface area contributed by atoms with Gasteiger partial charge in [-0.3, -0.25) is 9.78 Å². The highest BCUT2D eigenvalue weighted by Gasteiger charge is 2.33. The Morgan fingerprint density at radius 2 is 2.33 bits per heavy atom. The van der Waals surface area contributed by atoms with Gasteiger partial charge in [-0.2, -0.15) is 0 Å². The van der Waals surface area contributed by atoms with Gasteiger partial charge in [0.25, 0.3) is 5.91 Å². The van der Waals surface area contributed by atoms with Crippen molar-refractivity contribution in [2.45, 2.75) is 18.9 Å². The monoisotopic (exact) mass is 282 g/mol. The molecule has 1 aliphatic heterocycles. The van der Waals surface area contributed by atoms with E-state index in [-0.39, 0.29) is 11.9 Å². The summed E-state index contributed by atoms with van der Waals surface area (Å²) < 4.78 is 5.62.